The van der Waals surface area contributed by atoms with Crippen molar-refractivity contribution in [3.05, 3.63) is 23.5 Å². The van der Waals surface area contributed by atoms with Gasteiger partial charge < -0.3 is 4.74 Å². The van der Waals surface area contributed by atoms with Crippen LogP contribution in [0.15, 0.2) is 17.0 Å². The summed E-state index contributed by atoms with van der Waals surface area (Å²) in [7, 11) is -3.86. The standard InChI is InChI=1S/C18H24F3N3O3S/c19-18(20,21)16-4-3-15(17(22-16)13-1-2-13)28(25,26)24-9-7-23(8-10-24)14-5-11-27-12-6-14/h3-4,13-14H,1-2,5-12H2. The molecule has 1 saturated carbocycles. The first-order valence-corrected chi connectivity index (χ1v) is 11.1. The van der Waals surface area contributed by atoms with E-state index in [4.69, 9.17) is 4.74 Å². The van der Waals surface area contributed by atoms with E-state index in [2.05, 4.69) is 9.88 Å². The summed E-state index contributed by atoms with van der Waals surface area (Å²) in [6, 6.07) is 2.27. The van der Waals surface area contributed by atoms with Crippen LogP contribution in [0.2, 0.25) is 0 Å². The zero-order valence-electron chi connectivity index (χ0n) is 15.5. The summed E-state index contributed by atoms with van der Waals surface area (Å²) in [4.78, 5) is 5.93. The average molecular weight is 419 g/mol. The number of alkyl halides is 3. The lowest BCUT2D eigenvalue weighted by atomic mass is 10.1. The highest BCUT2D eigenvalue weighted by atomic mass is 32.2. The molecule has 0 bridgehead atoms. The number of piperazine rings is 1. The van der Waals surface area contributed by atoms with Crippen LogP contribution in [-0.4, -0.2) is 68.0 Å². The van der Waals surface area contributed by atoms with Crippen molar-refractivity contribution in [3.63, 3.8) is 0 Å². The second-order valence-electron chi connectivity index (χ2n) is 7.64. The highest BCUT2D eigenvalue weighted by molar-refractivity contribution is 7.89. The van der Waals surface area contributed by atoms with Crippen LogP contribution in [0.4, 0.5) is 13.2 Å². The SMILES string of the molecule is O=S(=O)(c1ccc(C(F)(F)F)nc1C1CC1)N1CCN(C2CCOCC2)CC1. The molecule has 4 rings (SSSR count). The van der Waals surface area contributed by atoms with Crippen molar-refractivity contribution in [1.29, 1.82) is 0 Å². The Morgan fingerprint density at radius 3 is 2.21 bits per heavy atom. The molecule has 0 aromatic carbocycles. The maximum atomic E-state index is 13.2. The van der Waals surface area contributed by atoms with Crippen molar-refractivity contribution < 1.29 is 26.3 Å². The smallest absolute Gasteiger partial charge is 0.381 e. The van der Waals surface area contributed by atoms with Crippen molar-refractivity contribution in [3.8, 4) is 0 Å². The van der Waals surface area contributed by atoms with Crippen molar-refractivity contribution in [2.75, 3.05) is 39.4 Å². The quantitative estimate of drug-likeness (QED) is 0.750. The Balaban J connectivity index is 1.52. The van der Waals surface area contributed by atoms with E-state index in [1.165, 1.54) is 4.31 Å². The largest absolute Gasteiger partial charge is 0.433 e. The van der Waals surface area contributed by atoms with Gasteiger partial charge in [0, 0.05) is 51.4 Å². The third-order valence-electron chi connectivity index (χ3n) is 5.74. The summed E-state index contributed by atoms with van der Waals surface area (Å²) < 4.78 is 72.1. The molecule has 0 radical (unpaired) electrons. The third-order valence-corrected chi connectivity index (χ3v) is 7.68. The van der Waals surface area contributed by atoms with Gasteiger partial charge in [-0.2, -0.15) is 17.5 Å². The number of halogens is 3. The second-order valence-corrected chi connectivity index (χ2v) is 9.54. The van der Waals surface area contributed by atoms with Gasteiger partial charge in [0.2, 0.25) is 10.0 Å². The molecule has 0 unspecified atom stereocenters. The van der Waals surface area contributed by atoms with E-state index in [9.17, 15) is 21.6 Å². The van der Waals surface area contributed by atoms with Gasteiger partial charge in [-0.05, 0) is 37.8 Å². The van der Waals surface area contributed by atoms with Crippen molar-refractivity contribution >= 4 is 10.0 Å². The second kappa shape index (κ2) is 7.55. The fraction of sp³-hybridized carbons (Fsp3) is 0.722. The van der Waals surface area contributed by atoms with Crippen molar-refractivity contribution in [1.82, 2.24) is 14.2 Å². The first-order chi connectivity index (χ1) is 13.3. The molecular formula is C18H24F3N3O3S. The molecule has 1 aliphatic carbocycles. The summed E-state index contributed by atoms with van der Waals surface area (Å²) in [5.74, 6) is -0.199. The zero-order valence-corrected chi connectivity index (χ0v) is 16.3. The van der Waals surface area contributed by atoms with Gasteiger partial charge in [0.05, 0.1) is 5.69 Å². The van der Waals surface area contributed by atoms with Crippen LogP contribution in [0.5, 0.6) is 0 Å². The van der Waals surface area contributed by atoms with Crippen LogP contribution in [0.3, 0.4) is 0 Å². The van der Waals surface area contributed by atoms with E-state index in [1.54, 1.807) is 0 Å². The minimum Gasteiger partial charge on any atom is -0.381 e. The first kappa shape index (κ1) is 20.1. The molecule has 2 saturated heterocycles. The van der Waals surface area contributed by atoms with Crippen molar-refractivity contribution in [2.24, 2.45) is 0 Å². The number of aromatic nitrogens is 1. The molecular weight excluding hydrogens is 395 g/mol. The molecule has 1 aromatic rings. The van der Waals surface area contributed by atoms with E-state index < -0.39 is 21.9 Å². The van der Waals surface area contributed by atoms with Crippen LogP contribution >= 0.6 is 0 Å². The number of rotatable bonds is 4. The number of pyridine rings is 1. The molecule has 10 heteroatoms. The van der Waals surface area contributed by atoms with E-state index >= 15 is 0 Å². The summed E-state index contributed by atoms with van der Waals surface area (Å²) >= 11 is 0. The summed E-state index contributed by atoms with van der Waals surface area (Å²) in [5, 5.41) is 0. The Morgan fingerprint density at radius 1 is 1.00 bits per heavy atom. The Kier molecular flexibility index (Phi) is 5.41. The maximum absolute atomic E-state index is 13.2. The number of nitrogens with zero attached hydrogens (tertiary/aromatic N) is 3. The molecule has 3 heterocycles. The predicted octanol–water partition coefficient (Wildman–Crippen LogP) is 2.46. The molecule has 0 spiro atoms. The normalized spacial score (nSPS) is 23.8. The van der Waals surface area contributed by atoms with E-state index in [0.717, 1.165) is 38.2 Å². The van der Waals surface area contributed by atoms with Crippen molar-refractivity contribution in [2.45, 2.75) is 48.7 Å². The first-order valence-electron chi connectivity index (χ1n) is 9.67. The third kappa shape index (κ3) is 4.05. The Labute approximate surface area is 162 Å². The van der Waals surface area contributed by atoms with Gasteiger partial charge in [0.1, 0.15) is 10.6 Å². The Bertz CT molecular complexity index is 813. The molecule has 1 aromatic heterocycles. The van der Waals surface area contributed by atoms with Crippen LogP contribution < -0.4 is 0 Å². The summed E-state index contributed by atoms with van der Waals surface area (Å²) in [5.41, 5.74) is -0.959. The lowest BCUT2D eigenvalue weighted by Crippen LogP contribution is -2.53. The van der Waals surface area contributed by atoms with Crippen LogP contribution in [0.25, 0.3) is 0 Å². The van der Waals surface area contributed by atoms with Gasteiger partial charge in [-0.15, -0.1) is 0 Å². The topological polar surface area (TPSA) is 62.7 Å². The minimum atomic E-state index is -4.58. The van der Waals surface area contributed by atoms with Gasteiger partial charge in [0.25, 0.3) is 0 Å². The lowest BCUT2D eigenvalue weighted by molar-refractivity contribution is -0.141. The minimum absolute atomic E-state index is 0.0671. The van der Waals surface area contributed by atoms with E-state index in [1.807, 2.05) is 0 Å². The molecule has 2 aliphatic heterocycles. The van der Waals surface area contributed by atoms with E-state index in [0.29, 0.717) is 45.1 Å². The van der Waals surface area contributed by atoms with Crippen LogP contribution in [-0.2, 0) is 20.9 Å². The number of hydrogen-bond donors (Lipinski definition) is 0. The number of ether oxygens (including phenoxy) is 1. The highest BCUT2D eigenvalue weighted by Gasteiger charge is 2.40. The summed E-state index contributed by atoms with van der Waals surface area (Å²) in [6.07, 6.45) is -1.34. The number of sulfonamides is 1. The fourth-order valence-corrected chi connectivity index (χ4v) is 5.62. The molecule has 6 nitrogen and oxygen atoms in total. The molecule has 156 valence electrons. The Morgan fingerprint density at radius 2 is 1.64 bits per heavy atom. The number of hydrogen-bond acceptors (Lipinski definition) is 5. The van der Waals surface area contributed by atoms with Gasteiger partial charge in [-0.3, -0.25) is 4.90 Å². The molecule has 0 N–H and O–H groups in total. The average Bonchev–Trinajstić information content (AvgIpc) is 3.53. The monoisotopic (exact) mass is 419 g/mol. The molecule has 3 aliphatic rings. The fourth-order valence-electron chi connectivity index (χ4n) is 3.99. The van der Waals surface area contributed by atoms with Gasteiger partial charge in [-0.1, -0.05) is 0 Å². The molecule has 3 fully saturated rings. The van der Waals surface area contributed by atoms with E-state index in [-0.39, 0.29) is 16.5 Å². The van der Waals surface area contributed by atoms with Crippen LogP contribution in [0, 0.1) is 0 Å². The molecule has 28 heavy (non-hydrogen) atoms. The zero-order chi connectivity index (χ0) is 19.9. The maximum Gasteiger partial charge on any atom is 0.433 e. The van der Waals surface area contributed by atoms with Gasteiger partial charge in [0.15, 0.2) is 0 Å². The lowest BCUT2D eigenvalue weighted by Gasteiger charge is -2.40. The van der Waals surface area contributed by atoms with Gasteiger partial charge >= 0.3 is 6.18 Å². The highest BCUT2D eigenvalue weighted by Crippen LogP contribution is 2.43. The summed E-state index contributed by atoms with van der Waals surface area (Å²) in [6.45, 7) is 3.37. The Hall–Kier alpha value is -1.23. The van der Waals surface area contributed by atoms with Crippen LogP contribution in [0.1, 0.15) is 43.0 Å². The molecule has 0 amide bonds. The molecule has 0 atom stereocenters. The predicted molar refractivity (Wildman–Crippen MR) is 95.4 cm³/mol. The van der Waals surface area contributed by atoms with Gasteiger partial charge in [-0.25, -0.2) is 13.4 Å².